The van der Waals surface area contributed by atoms with Crippen molar-refractivity contribution in [2.24, 2.45) is 0 Å². The molecule has 0 radical (unpaired) electrons. The number of aromatic nitrogens is 2. The SMILES string of the molecule is CCCCN1CC(c2nc3ccccc3n2C(C)c2ccccc2)CC1=O. The van der Waals surface area contributed by atoms with Crippen LogP contribution in [-0.4, -0.2) is 33.4 Å². The van der Waals surface area contributed by atoms with E-state index in [-0.39, 0.29) is 17.9 Å². The van der Waals surface area contributed by atoms with Crippen molar-refractivity contribution in [3.63, 3.8) is 0 Å². The average Bonchev–Trinajstić information content (AvgIpc) is 3.27. The maximum Gasteiger partial charge on any atom is 0.223 e. The van der Waals surface area contributed by atoms with Gasteiger partial charge in [0.25, 0.3) is 0 Å². The van der Waals surface area contributed by atoms with Gasteiger partial charge in [-0.15, -0.1) is 0 Å². The van der Waals surface area contributed by atoms with Crippen molar-refractivity contribution in [1.29, 1.82) is 0 Å². The minimum absolute atomic E-state index is 0.160. The van der Waals surface area contributed by atoms with Crippen LogP contribution < -0.4 is 0 Å². The maximum absolute atomic E-state index is 12.5. The zero-order valence-electron chi connectivity index (χ0n) is 16.1. The molecule has 0 saturated carbocycles. The van der Waals surface area contributed by atoms with Crippen molar-refractivity contribution >= 4 is 16.9 Å². The zero-order valence-corrected chi connectivity index (χ0v) is 16.1. The molecular formula is C23H27N3O. The Labute approximate surface area is 160 Å². The van der Waals surface area contributed by atoms with Gasteiger partial charge in [-0.2, -0.15) is 0 Å². The molecule has 0 bridgehead atoms. The number of carbonyl (C=O) groups excluding carboxylic acids is 1. The number of para-hydroxylation sites is 2. The Hall–Kier alpha value is -2.62. The van der Waals surface area contributed by atoms with E-state index in [1.54, 1.807) is 0 Å². The van der Waals surface area contributed by atoms with E-state index >= 15 is 0 Å². The van der Waals surface area contributed by atoms with Gasteiger partial charge in [0.1, 0.15) is 5.82 Å². The Morgan fingerprint density at radius 1 is 1.11 bits per heavy atom. The molecule has 2 atom stereocenters. The molecule has 0 aliphatic carbocycles. The first-order valence-corrected chi connectivity index (χ1v) is 9.98. The van der Waals surface area contributed by atoms with E-state index in [2.05, 4.69) is 60.9 Å². The molecule has 0 spiro atoms. The number of fused-ring (bicyclic) bond motifs is 1. The summed E-state index contributed by atoms with van der Waals surface area (Å²) < 4.78 is 2.34. The van der Waals surface area contributed by atoms with E-state index in [9.17, 15) is 4.79 Å². The second kappa shape index (κ2) is 7.55. The lowest BCUT2D eigenvalue weighted by Crippen LogP contribution is -2.26. The average molecular weight is 361 g/mol. The number of imidazole rings is 1. The molecule has 1 fully saturated rings. The second-order valence-electron chi connectivity index (χ2n) is 7.51. The van der Waals surface area contributed by atoms with Crippen molar-refractivity contribution < 1.29 is 4.79 Å². The monoisotopic (exact) mass is 361 g/mol. The van der Waals surface area contributed by atoms with Gasteiger partial charge in [-0.25, -0.2) is 4.98 Å². The first kappa shape index (κ1) is 17.8. The van der Waals surface area contributed by atoms with Crippen LogP contribution in [0, 0.1) is 0 Å². The minimum atomic E-state index is 0.160. The third-order valence-electron chi connectivity index (χ3n) is 5.65. The first-order chi connectivity index (χ1) is 13.2. The van der Waals surface area contributed by atoms with Crippen molar-refractivity contribution in [1.82, 2.24) is 14.5 Å². The number of nitrogens with zero attached hydrogens (tertiary/aromatic N) is 3. The summed E-state index contributed by atoms with van der Waals surface area (Å²) in [5.74, 6) is 1.47. The molecule has 4 heteroatoms. The summed E-state index contributed by atoms with van der Waals surface area (Å²) >= 11 is 0. The lowest BCUT2D eigenvalue weighted by atomic mass is 10.0. The van der Waals surface area contributed by atoms with E-state index < -0.39 is 0 Å². The zero-order chi connectivity index (χ0) is 18.8. The van der Waals surface area contributed by atoms with Crippen LogP contribution >= 0.6 is 0 Å². The summed E-state index contributed by atoms with van der Waals surface area (Å²) in [6, 6.07) is 19.0. The van der Waals surface area contributed by atoms with Crippen LogP contribution in [0.3, 0.4) is 0 Å². The number of hydrogen-bond acceptors (Lipinski definition) is 2. The Morgan fingerprint density at radius 3 is 2.63 bits per heavy atom. The molecule has 2 aromatic carbocycles. The molecular weight excluding hydrogens is 334 g/mol. The molecule has 3 aromatic rings. The number of likely N-dealkylation sites (tertiary alicyclic amines) is 1. The fourth-order valence-corrected chi connectivity index (χ4v) is 4.15. The summed E-state index contributed by atoms with van der Waals surface area (Å²) in [6.07, 6.45) is 2.74. The molecule has 1 saturated heterocycles. The molecule has 4 nitrogen and oxygen atoms in total. The number of amides is 1. The standard InChI is InChI=1S/C23H27N3O/c1-3-4-14-25-16-19(15-22(25)27)23-24-20-12-8-9-13-21(20)26(23)17(2)18-10-6-5-7-11-18/h5-13,17,19H,3-4,14-16H2,1-2H3. The lowest BCUT2D eigenvalue weighted by Gasteiger charge is -2.21. The molecule has 4 rings (SSSR count). The molecule has 2 unspecified atom stereocenters. The summed E-state index contributed by atoms with van der Waals surface area (Å²) in [7, 11) is 0. The molecule has 140 valence electrons. The van der Waals surface area contributed by atoms with Crippen LogP contribution in [0.15, 0.2) is 54.6 Å². The van der Waals surface area contributed by atoms with E-state index in [0.29, 0.717) is 6.42 Å². The number of rotatable bonds is 6. The van der Waals surface area contributed by atoms with Gasteiger partial charge in [-0.05, 0) is 31.0 Å². The van der Waals surface area contributed by atoms with Crippen molar-refractivity contribution in [3.05, 3.63) is 66.0 Å². The highest BCUT2D eigenvalue weighted by Gasteiger charge is 2.34. The van der Waals surface area contributed by atoms with Gasteiger partial charge in [-0.3, -0.25) is 4.79 Å². The third-order valence-corrected chi connectivity index (χ3v) is 5.65. The number of unbranched alkanes of at least 4 members (excludes halogenated alkanes) is 1. The Bertz CT molecular complexity index is 931. The first-order valence-electron chi connectivity index (χ1n) is 9.98. The van der Waals surface area contributed by atoms with Gasteiger partial charge in [0, 0.05) is 25.4 Å². The van der Waals surface area contributed by atoms with Gasteiger partial charge < -0.3 is 9.47 Å². The summed E-state index contributed by atoms with van der Waals surface area (Å²) in [5.41, 5.74) is 3.41. The van der Waals surface area contributed by atoms with Gasteiger partial charge in [0.2, 0.25) is 5.91 Å². The molecule has 1 amide bonds. The largest absolute Gasteiger partial charge is 0.342 e. The highest BCUT2D eigenvalue weighted by atomic mass is 16.2. The lowest BCUT2D eigenvalue weighted by molar-refractivity contribution is -0.127. The molecule has 27 heavy (non-hydrogen) atoms. The smallest absolute Gasteiger partial charge is 0.223 e. The highest BCUT2D eigenvalue weighted by molar-refractivity contribution is 5.81. The topological polar surface area (TPSA) is 38.1 Å². The summed E-state index contributed by atoms with van der Waals surface area (Å²) in [4.78, 5) is 19.5. The molecule has 1 aromatic heterocycles. The summed E-state index contributed by atoms with van der Waals surface area (Å²) in [6.45, 7) is 6.03. The second-order valence-corrected chi connectivity index (χ2v) is 7.51. The minimum Gasteiger partial charge on any atom is -0.342 e. The van der Waals surface area contributed by atoms with Crippen LogP contribution in [0.4, 0.5) is 0 Å². The fraction of sp³-hybridized carbons (Fsp3) is 0.391. The number of carbonyl (C=O) groups is 1. The van der Waals surface area contributed by atoms with E-state index in [4.69, 9.17) is 4.98 Å². The van der Waals surface area contributed by atoms with Crippen molar-refractivity contribution in [2.75, 3.05) is 13.1 Å². The molecule has 2 heterocycles. The molecule has 1 aliphatic rings. The van der Waals surface area contributed by atoms with Crippen LogP contribution in [0.5, 0.6) is 0 Å². The number of benzene rings is 2. The van der Waals surface area contributed by atoms with Gasteiger partial charge in [0.05, 0.1) is 17.1 Å². The predicted molar refractivity (Wildman–Crippen MR) is 109 cm³/mol. The quantitative estimate of drug-likeness (QED) is 0.635. The fourth-order valence-electron chi connectivity index (χ4n) is 4.15. The van der Waals surface area contributed by atoms with Gasteiger partial charge >= 0.3 is 0 Å². The van der Waals surface area contributed by atoms with Crippen LogP contribution in [0.2, 0.25) is 0 Å². The summed E-state index contributed by atoms with van der Waals surface area (Å²) in [5, 5.41) is 0. The van der Waals surface area contributed by atoms with Crippen molar-refractivity contribution in [2.45, 2.75) is 45.1 Å². The van der Waals surface area contributed by atoms with Gasteiger partial charge in [0.15, 0.2) is 0 Å². The molecule has 0 N–H and O–H groups in total. The van der Waals surface area contributed by atoms with Crippen LogP contribution in [-0.2, 0) is 4.79 Å². The van der Waals surface area contributed by atoms with Gasteiger partial charge in [-0.1, -0.05) is 55.8 Å². The van der Waals surface area contributed by atoms with Crippen molar-refractivity contribution in [3.8, 4) is 0 Å². The maximum atomic E-state index is 12.5. The Morgan fingerprint density at radius 2 is 1.85 bits per heavy atom. The van der Waals surface area contributed by atoms with Crippen LogP contribution in [0.1, 0.15) is 56.5 Å². The number of hydrogen-bond donors (Lipinski definition) is 0. The molecule has 1 aliphatic heterocycles. The van der Waals surface area contributed by atoms with E-state index in [1.807, 2.05) is 17.0 Å². The Kier molecular flexibility index (Phi) is 4.97. The predicted octanol–water partition coefficient (Wildman–Crippen LogP) is 4.76. The Balaban J connectivity index is 1.74. The normalized spacial score (nSPS) is 18.4. The van der Waals surface area contributed by atoms with E-state index in [0.717, 1.165) is 42.8 Å². The van der Waals surface area contributed by atoms with E-state index in [1.165, 1.54) is 5.56 Å². The highest BCUT2D eigenvalue weighted by Crippen LogP contribution is 2.34. The van der Waals surface area contributed by atoms with Crippen LogP contribution in [0.25, 0.3) is 11.0 Å². The third kappa shape index (κ3) is 3.36.